The number of aromatic nitrogens is 1. The predicted octanol–water partition coefficient (Wildman–Crippen LogP) is 2.30. The summed E-state index contributed by atoms with van der Waals surface area (Å²) in [5.41, 5.74) is 0.216. The summed E-state index contributed by atoms with van der Waals surface area (Å²) >= 11 is 0. The topological polar surface area (TPSA) is 74.7 Å². The summed E-state index contributed by atoms with van der Waals surface area (Å²) in [4.78, 5) is 15.5. The molecule has 2 aliphatic heterocycles. The molecule has 1 N–H and O–H groups in total. The Labute approximate surface area is 175 Å². The monoisotopic (exact) mass is 424 g/mol. The number of carbonyl (C=O) groups excluding carboxylic acids is 1. The van der Waals surface area contributed by atoms with Crippen LogP contribution in [0.5, 0.6) is 0 Å². The highest BCUT2D eigenvalue weighted by atomic mass is 32.2. The van der Waals surface area contributed by atoms with Crippen LogP contribution in [0.15, 0.2) is 17.2 Å². The molecular weight excluding hydrogens is 388 g/mol. The molecule has 0 spiro atoms. The maximum Gasteiger partial charge on any atom is 0.268 e. The number of rotatable bonds is 6. The fourth-order valence-electron chi connectivity index (χ4n) is 4.63. The Morgan fingerprint density at radius 1 is 1.17 bits per heavy atom. The first-order chi connectivity index (χ1) is 13.5. The van der Waals surface area contributed by atoms with Crippen LogP contribution < -0.4 is 5.32 Å². The van der Waals surface area contributed by atoms with Crippen molar-refractivity contribution in [3.8, 4) is 0 Å². The molecule has 1 aromatic heterocycles. The van der Waals surface area contributed by atoms with Crippen molar-refractivity contribution >= 4 is 15.9 Å². The van der Waals surface area contributed by atoms with Crippen LogP contribution in [0, 0.1) is 11.8 Å². The van der Waals surface area contributed by atoms with Crippen LogP contribution in [0.4, 0.5) is 0 Å². The number of hydrogen-bond acceptors (Lipinski definition) is 4. The van der Waals surface area contributed by atoms with E-state index in [1.54, 1.807) is 17.8 Å². The molecule has 1 aromatic rings. The maximum absolute atomic E-state index is 12.8. The Hall–Kier alpha value is -1.38. The third-order valence-corrected chi connectivity index (χ3v) is 8.19. The minimum Gasteiger partial charge on any atom is -0.349 e. The number of hydrogen-bond donors (Lipinski definition) is 1. The van der Waals surface area contributed by atoms with Gasteiger partial charge in [-0.2, -0.15) is 4.31 Å². The second-order valence-corrected chi connectivity index (χ2v) is 11.6. The molecule has 2 aliphatic rings. The van der Waals surface area contributed by atoms with E-state index < -0.39 is 10.0 Å². The van der Waals surface area contributed by atoms with Gasteiger partial charge in [-0.05, 0) is 51.0 Å². The molecule has 2 atom stereocenters. The van der Waals surface area contributed by atoms with Crippen LogP contribution >= 0.6 is 0 Å². The second-order valence-electron chi connectivity index (χ2n) is 9.63. The largest absolute Gasteiger partial charge is 0.349 e. The van der Waals surface area contributed by atoms with Crippen molar-refractivity contribution in [2.24, 2.45) is 18.9 Å². The molecule has 2 fully saturated rings. The van der Waals surface area contributed by atoms with Gasteiger partial charge in [0.25, 0.3) is 5.91 Å². The lowest BCUT2D eigenvalue weighted by atomic mass is 9.88. The summed E-state index contributed by atoms with van der Waals surface area (Å²) in [6.07, 6.45) is 4.57. The molecule has 2 unspecified atom stereocenters. The van der Waals surface area contributed by atoms with Crippen molar-refractivity contribution in [3.05, 3.63) is 18.0 Å². The summed E-state index contributed by atoms with van der Waals surface area (Å²) < 4.78 is 28.7. The van der Waals surface area contributed by atoms with Crippen molar-refractivity contribution in [1.82, 2.24) is 19.1 Å². The zero-order chi connectivity index (χ0) is 21.4. The van der Waals surface area contributed by atoms with Gasteiger partial charge in [0.15, 0.2) is 0 Å². The highest BCUT2D eigenvalue weighted by Crippen LogP contribution is 2.27. The number of amides is 1. The van der Waals surface area contributed by atoms with Crippen molar-refractivity contribution in [1.29, 1.82) is 0 Å². The third-order valence-electron chi connectivity index (χ3n) is 6.32. The van der Waals surface area contributed by atoms with Crippen molar-refractivity contribution in [3.63, 3.8) is 0 Å². The molecule has 29 heavy (non-hydrogen) atoms. The molecule has 1 amide bonds. The van der Waals surface area contributed by atoms with Crippen LogP contribution in [0.2, 0.25) is 0 Å². The number of nitrogens with zero attached hydrogens (tertiary/aromatic N) is 3. The molecule has 164 valence electrons. The van der Waals surface area contributed by atoms with E-state index in [0.29, 0.717) is 37.2 Å². The summed E-state index contributed by atoms with van der Waals surface area (Å²) in [6, 6.07) is 1.50. The molecule has 2 saturated heterocycles. The van der Waals surface area contributed by atoms with Crippen molar-refractivity contribution < 1.29 is 13.2 Å². The SMILES string of the molecule is CC1CC(C)CN(C(C)(C)CNC(=O)c2cc(S(=O)(=O)N3CCCC3)cn2C)C1. The van der Waals surface area contributed by atoms with E-state index in [1.165, 1.54) is 16.8 Å². The van der Waals surface area contributed by atoms with E-state index in [9.17, 15) is 13.2 Å². The molecule has 7 nitrogen and oxygen atoms in total. The first kappa shape index (κ1) is 22.3. The van der Waals surface area contributed by atoms with Gasteiger partial charge in [-0.3, -0.25) is 9.69 Å². The molecule has 3 rings (SSSR count). The second kappa shape index (κ2) is 8.40. The van der Waals surface area contributed by atoms with Gasteiger partial charge in [0.1, 0.15) is 10.6 Å². The van der Waals surface area contributed by atoms with Gasteiger partial charge in [0, 0.05) is 51.5 Å². The molecule has 3 heterocycles. The van der Waals surface area contributed by atoms with E-state index in [1.807, 2.05) is 0 Å². The van der Waals surface area contributed by atoms with Crippen LogP contribution in [0.25, 0.3) is 0 Å². The van der Waals surface area contributed by atoms with Gasteiger partial charge in [0.05, 0.1) is 0 Å². The number of piperidine rings is 1. The normalized spacial score (nSPS) is 24.7. The fraction of sp³-hybridized carbons (Fsp3) is 0.762. The van der Waals surface area contributed by atoms with Gasteiger partial charge < -0.3 is 9.88 Å². The lowest BCUT2D eigenvalue weighted by molar-refractivity contribution is 0.0444. The maximum atomic E-state index is 12.8. The zero-order valence-corrected chi connectivity index (χ0v) is 19.3. The summed E-state index contributed by atoms with van der Waals surface area (Å²) in [5, 5.41) is 3.03. The average Bonchev–Trinajstić information content (AvgIpc) is 3.29. The Morgan fingerprint density at radius 3 is 2.34 bits per heavy atom. The molecule has 0 saturated carbocycles. The van der Waals surface area contributed by atoms with Crippen LogP contribution in [-0.2, 0) is 17.1 Å². The number of aryl methyl sites for hydroxylation is 1. The van der Waals surface area contributed by atoms with E-state index in [2.05, 4.69) is 37.9 Å². The highest BCUT2D eigenvalue weighted by molar-refractivity contribution is 7.89. The van der Waals surface area contributed by atoms with Crippen LogP contribution in [-0.4, -0.2) is 66.4 Å². The molecule has 8 heteroatoms. The van der Waals surface area contributed by atoms with Crippen LogP contribution in [0.3, 0.4) is 0 Å². The van der Waals surface area contributed by atoms with Crippen molar-refractivity contribution in [2.75, 3.05) is 32.7 Å². The number of nitrogens with one attached hydrogen (secondary N) is 1. The Bertz CT molecular complexity index is 830. The lowest BCUT2D eigenvalue weighted by Crippen LogP contribution is -2.56. The van der Waals surface area contributed by atoms with Gasteiger partial charge >= 0.3 is 0 Å². The van der Waals surface area contributed by atoms with Gasteiger partial charge in [-0.25, -0.2) is 8.42 Å². The summed E-state index contributed by atoms with van der Waals surface area (Å²) in [5.74, 6) is 1.07. The molecule has 0 aromatic carbocycles. The highest BCUT2D eigenvalue weighted by Gasteiger charge is 2.34. The van der Waals surface area contributed by atoms with Crippen molar-refractivity contribution in [2.45, 2.75) is 57.4 Å². The Kier molecular flexibility index (Phi) is 6.46. The number of carbonyl (C=O) groups is 1. The summed E-state index contributed by atoms with van der Waals surface area (Å²) in [6.45, 7) is 12.6. The molecule has 0 bridgehead atoms. The van der Waals surface area contributed by atoms with Gasteiger partial charge in [0.2, 0.25) is 10.0 Å². The minimum atomic E-state index is -3.52. The first-order valence-corrected chi connectivity index (χ1v) is 12.1. The Balaban J connectivity index is 1.67. The first-order valence-electron chi connectivity index (χ1n) is 10.7. The van der Waals surface area contributed by atoms with E-state index >= 15 is 0 Å². The third kappa shape index (κ3) is 4.86. The van der Waals surface area contributed by atoms with E-state index in [-0.39, 0.29) is 16.3 Å². The lowest BCUT2D eigenvalue weighted by Gasteiger charge is -2.45. The van der Waals surface area contributed by atoms with E-state index in [0.717, 1.165) is 25.9 Å². The molecule has 0 aliphatic carbocycles. The molecule has 0 radical (unpaired) electrons. The molecular formula is C21H36N4O3S. The number of likely N-dealkylation sites (tertiary alicyclic amines) is 1. The number of sulfonamides is 1. The quantitative estimate of drug-likeness (QED) is 0.760. The zero-order valence-electron chi connectivity index (χ0n) is 18.4. The van der Waals surface area contributed by atoms with Gasteiger partial charge in [-0.1, -0.05) is 13.8 Å². The Morgan fingerprint density at radius 2 is 1.76 bits per heavy atom. The standard InChI is InChI=1S/C21H36N4O3S/c1-16-10-17(2)13-24(12-16)21(3,4)15-22-20(26)19-11-18(14-23(19)5)29(27,28)25-8-6-7-9-25/h11,14,16-17H,6-10,12-13,15H2,1-5H3,(H,22,26). The van der Waals surface area contributed by atoms with E-state index in [4.69, 9.17) is 0 Å². The predicted molar refractivity (Wildman–Crippen MR) is 114 cm³/mol. The smallest absolute Gasteiger partial charge is 0.268 e. The fourth-order valence-corrected chi connectivity index (χ4v) is 6.22. The van der Waals surface area contributed by atoms with Crippen LogP contribution in [0.1, 0.15) is 57.4 Å². The average molecular weight is 425 g/mol. The minimum absolute atomic E-state index is 0.159. The van der Waals surface area contributed by atoms with Gasteiger partial charge in [-0.15, -0.1) is 0 Å². The summed E-state index contributed by atoms with van der Waals surface area (Å²) in [7, 11) is -1.80.